The first-order valence-electron chi connectivity index (χ1n) is 2.91. The van der Waals surface area contributed by atoms with Crippen LogP contribution in [0.3, 0.4) is 0 Å². The number of rotatable bonds is 2. The molecule has 0 fully saturated rings. The first kappa shape index (κ1) is 8.99. The van der Waals surface area contributed by atoms with Gasteiger partial charge in [-0.2, -0.15) is 0 Å². The van der Waals surface area contributed by atoms with E-state index in [1.807, 2.05) is 12.8 Å². The molecule has 0 rings (SSSR count). The van der Waals surface area contributed by atoms with Crippen molar-refractivity contribution in [2.45, 2.75) is 19.4 Å². The van der Waals surface area contributed by atoms with Gasteiger partial charge in [-0.1, -0.05) is 5.92 Å². The summed E-state index contributed by atoms with van der Waals surface area (Å²) in [6.07, 6.45) is 0.467. The molecule has 56 valence electrons. The number of aliphatic carboxylic acids is 1. The quantitative estimate of drug-likeness (QED) is 0.571. The Morgan fingerprint density at radius 1 is 1.80 bits per heavy atom. The molecule has 0 saturated carbocycles. The normalized spacial score (nSPS) is 11.4. The molecule has 0 aromatic carbocycles. The van der Waals surface area contributed by atoms with Crippen molar-refractivity contribution in [3.8, 4) is 11.8 Å². The Bertz CT molecular complexity index is 163. The van der Waals surface area contributed by atoms with Crippen LogP contribution in [0, 0.1) is 11.8 Å². The zero-order valence-electron chi connectivity index (χ0n) is 6.05. The van der Waals surface area contributed by atoms with Crippen LogP contribution in [0.5, 0.6) is 0 Å². The second-order valence-electron chi connectivity index (χ2n) is 1.86. The highest BCUT2D eigenvalue weighted by Crippen LogP contribution is 1.91. The summed E-state index contributed by atoms with van der Waals surface area (Å²) in [7, 11) is 1.56. The molecule has 0 aliphatic carbocycles. The zero-order chi connectivity index (χ0) is 7.98. The third-order valence-electron chi connectivity index (χ3n) is 0.987. The number of carboxylic acid groups (broad SMARTS) is 1. The van der Waals surface area contributed by atoms with E-state index in [0.29, 0.717) is 6.42 Å². The molecule has 3 heteroatoms. The fraction of sp³-hybridized carbons (Fsp3) is 0.571. The molecular weight excluding hydrogens is 132 g/mol. The van der Waals surface area contributed by atoms with Crippen LogP contribution in [-0.4, -0.2) is 24.3 Å². The molecule has 0 aromatic heterocycles. The van der Waals surface area contributed by atoms with E-state index in [0.717, 1.165) is 0 Å². The third kappa shape index (κ3) is 5.13. The van der Waals surface area contributed by atoms with Crippen molar-refractivity contribution in [1.29, 1.82) is 0 Å². The van der Waals surface area contributed by atoms with Gasteiger partial charge in [0.25, 0.3) is 0 Å². The zero-order valence-corrected chi connectivity index (χ0v) is 6.05. The molecule has 0 amide bonds. The molecule has 0 aliphatic rings. The third-order valence-corrected chi connectivity index (χ3v) is 0.987. The summed E-state index contributed by atoms with van der Waals surface area (Å²) in [6, 6.07) is 0. The fourth-order valence-corrected chi connectivity index (χ4v) is 0.354. The molecule has 0 saturated heterocycles. The van der Waals surface area contributed by atoms with Crippen LogP contribution >= 0.6 is 0 Å². The number of methoxy groups -OCH3 is 1. The van der Waals surface area contributed by atoms with Crippen LogP contribution in [0.15, 0.2) is 0 Å². The van der Waals surface area contributed by atoms with Crippen LogP contribution < -0.4 is 0 Å². The summed E-state index contributed by atoms with van der Waals surface area (Å²) in [4.78, 5) is 9.85. The SMILES string of the molecule is CO[C@H](C)CC#CC(=O)O. The van der Waals surface area contributed by atoms with E-state index in [2.05, 4.69) is 5.92 Å². The fourth-order valence-electron chi connectivity index (χ4n) is 0.354. The van der Waals surface area contributed by atoms with Crippen molar-refractivity contribution < 1.29 is 14.6 Å². The monoisotopic (exact) mass is 142 g/mol. The van der Waals surface area contributed by atoms with Gasteiger partial charge in [0.1, 0.15) is 0 Å². The summed E-state index contributed by atoms with van der Waals surface area (Å²) in [6.45, 7) is 1.83. The van der Waals surface area contributed by atoms with Crippen LogP contribution in [0.1, 0.15) is 13.3 Å². The second kappa shape index (κ2) is 4.83. The van der Waals surface area contributed by atoms with Gasteiger partial charge < -0.3 is 9.84 Å². The highest BCUT2D eigenvalue weighted by molar-refractivity contribution is 5.86. The maximum Gasteiger partial charge on any atom is 0.381 e. The molecule has 3 nitrogen and oxygen atoms in total. The standard InChI is InChI=1S/C7H10O3/c1-6(10-2)4-3-5-7(8)9/h6H,4H2,1-2H3,(H,8,9)/t6-/m1/s1. The summed E-state index contributed by atoms with van der Waals surface area (Å²) >= 11 is 0. The molecular formula is C7H10O3. The number of ether oxygens (including phenoxy) is 1. The summed E-state index contributed by atoms with van der Waals surface area (Å²) in [5.41, 5.74) is 0. The lowest BCUT2D eigenvalue weighted by atomic mass is 10.3. The Morgan fingerprint density at radius 2 is 2.40 bits per heavy atom. The number of carboxylic acids is 1. The van der Waals surface area contributed by atoms with Gasteiger partial charge in [0.2, 0.25) is 0 Å². The Kier molecular flexibility index (Phi) is 4.34. The van der Waals surface area contributed by atoms with E-state index in [9.17, 15) is 4.79 Å². The lowest BCUT2D eigenvalue weighted by molar-refractivity contribution is -0.130. The maximum absolute atomic E-state index is 9.85. The minimum atomic E-state index is -1.09. The van der Waals surface area contributed by atoms with Gasteiger partial charge in [-0.05, 0) is 6.92 Å². The molecule has 0 heterocycles. The minimum Gasteiger partial charge on any atom is -0.472 e. The van der Waals surface area contributed by atoms with Crippen molar-refractivity contribution in [1.82, 2.24) is 0 Å². The summed E-state index contributed by atoms with van der Waals surface area (Å²) < 4.78 is 4.84. The highest BCUT2D eigenvalue weighted by atomic mass is 16.5. The van der Waals surface area contributed by atoms with Gasteiger partial charge in [-0.3, -0.25) is 0 Å². The van der Waals surface area contributed by atoms with Crippen molar-refractivity contribution >= 4 is 5.97 Å². The number of hydrogen-bond donors (Lipinski definition) is 1. The molecule has 10 heavy (non-hydrogen) atoms. The maximum atomic E-state index is 9.85. The molecule has 0 radical (unpaired) electrons. The first-order valence-corrected chi connectivity index (χ1v) is 2.91. The van der Waals surface area contributed by atoms with Crippen molar-refractivity contribution in [3.63, 3.8) is 0 Å². The van der Waals surface area contributed by atoms with Crippen molar-refractivity contribution in [2.75, 3.05) is 7.11 Å². The van der Waals surface area contributed by atoms with Crippen LogP contribution in [-0.2, 0) is 9.53 Å². The molecule has 0 unspecified atom stereocenters. The highest BCUT2D eigenvalue weighted by Gasteiger charge is 1.93. The van der Waals surface area contributed by atoms with E-state index < -0.39 is 5.97 Å². The number of carbonyl (C=O) groups is 1. The van der Waals surface area contributed by atoms with Gasteiger partial charge in [0.05, 0.1) is 6.10 Å². The lowest BCUT2D eigenvalue weighted by Gasteiger charge is -2.01. The number of hydrogen-bond acceptors (Lipinski definition) is 2. The molecule has 0 aromatic rings. The van der Waals surface area contributed by atoms with E-state index in [4.69, 9.17) is 9.84 Å². The Labute approximate surface area is 60.0 Å². The molecule has 1 N–H and O–H groups in total. The molecule has 1 atom stereocenters. The minimum absolute atomic E-state index is 0.00634. The first-order chi connectivity index (χ1) is 4.66. The Hall–Kier alpha value is -1.01. The summed E-state index contributed by atoms with van der Waals surface area (Å²) in [5.74, 6) is 3.36. The average Bonchev–Trinajstić information content (AvgIpc) is 1.87. The second-order valence-corrected chi connectivity index (χ2v) is 1.86. The van der Waals surface area contributed by atoms with E-state index in [1.54, 1.807) is 7.11 Å². The van der Waals surface area contributed by atoms with E-state index in [-0.39, 0.29) is 6.10 Å². The predicted molar refractivity (Wildman–Crippen MR) is 36.5 cm³/mol. The van der Waals surface area contributed by atoms with Crippen molar-refractivity contribution in [3.05, 3.63) is 0 Å². The smallest absolute Gasteiger partial charge is 0.381 e. The van der Waals surface area contributed by atoms with Crippen LogP contribution in [0.2, 0.25) is 0 Å². The van der Waals surface area contributed by atoms with Crippen LogP contribution in [0.4, 0.5) is 0 Å². The summed E-state index contributed by atoms with van der Waals surface area (Å²) in [5, 5.41) is 8.08. The largest absolute Gasteiger partial charge is 0.472 e. The van der Waals surface area contributed by atoms with Gasteiger partial charge in [-0.15, -0.1) is 0 Å². The molecule has 0 aliphatic heterocycles. The average molecular weight is 142 g/mol. The van der Waals surface area contributed by atoms with Gasteiger partial charge in [0, 0.05) is 19.5 Å². The van der Waals surface area contributed by atoms with Gasteiger partial charge in [-0.25, -0.2) is 4.79 Å². The van der Waals surface area contributed by atoms with E-state index >= 15 is 0 Å². The molecule has 0 bridgehead atoms. The van der Waals surface area contributed by atoms with E-state index in [1.165, 1.54) is 0 Å². The molecule has 0 spiro atoms. The van der Waals surface area contributed by atoms with Crippen molar-refractivity contribution in [2.24, 2.45) is 0 Å². The topological polar surface area (TPSA) is 46.5 Å². The predicted octanol–water partition coefficient (Wildman–Crippen LogP) is 0.499. The van der Waals surface area contributed by atoms with Gasteiger partial charge in [0.15, 0.2) is 0 Å². The Balaban J connectivity index is 3.55. The van der Waals surface area contributed by atoms with Gasteiger partial charge >= 0.3 is 5.97 Å². The Morgan fingerprint density at radius 3 is 2.80 bits per heavy atom. The lowest BCUT2D eigenvalue weighted by Crippen LogP contribution is -2.02. The van der Waals surface area contributed by atoms with Crippen LogP contribution in [0.25, 0.3) is 0 Å².